The molecule has 144 valence electrons. The fourth-order valence-corrected chi connectivity index (χ4v) is 2.91. The molecule has 0 bridgehead atoms. The molecule has 0 radical (unpaired) electrons. The van der Waals surface area contributed by atoms with Gasteiger partial charge in [-0.15, -0.1) is 0 Å². The molecule has 1 aromatic carbocycles. The van der Waals surface area contributed by atoms with E-state index in [4.69, 9.17) is 14.2 Å². The number of ether oxygens (including phenoxy) is 3. The second-order valence-electron chi connectivity index (χ2n) is 7.33. The summed E-state index contributed by atoms with van der Waals surface area (Å²) >= 11 is 0. The fraction of sp³-hybridized carbons (Fsp3) is 0.579. The zero-order valence-corrected chi connectivity index (χ0v) is 15.7. The van der Waals surface area contributed by atoms with Crippen LogP contribution in [0.5, 0.6) is 11.5 Å². The summed E-state index contributed by atoms with van der Waals surface area (Å²) in [5.41, 5.74) is -0.577. The summed E-state index contributed by atoms with van der Waals surface area (Å²) in [5, 5.41) is 12.5. The van der Waals surface area contributed by atoms with Gasteiger partial charge in [0.1, 0.15) is 22.7 Å². The largest absolute Gasteiger partial charge is 0.496 e. The minimum atomic E-state index is -1.09. The lowest BCUT2D eigenvalue weighted by atomic mass is 9.92. The molecule has 2 N–H and O–H groups in total. The average Bonchev–Trinajstić information content (AvgIpc) is 2.58. The van der Waals surface area contributed by atoms with E-state index >= 15 is 0 Å². The molecule has 1 fully saturated rings. The third kappa shape index (κ3) is 5.36. The van der Waals surface area contributed by atoms with Gasteiger partial charge in [-0.3, -0.25) is 0 Å². The van der Waals surface area contributed by atoms with Crippen LogP contribution in [0.4, 0.5) is 0 Å². The topological polar surface area (TPSA) is 94.1 Å². The lowest BCUT2D eigenvalue weighted by Gasteiger charge is -2.32. The standard InChI is InChI=1S/C19H27NO6/c1-19(2,3)26-18(23)16(12-7-9-20-10-8-12)25-13-5-6-14(17(21)22)15(11-13)24-4/h5-6,11-12,16,20H,7-10H2,1-4H3,(H,21,22). The van der Waals surface area contributed by atoms with E-state index in [0.29, 0.717) is 5.75 Å². The molecule has 1 heterocycles. The van der Waals surface area contributed by atoms with Gasteiger partial charge in [0.2, 0.25) is 0 Å². The maximum Gasteiger partial charge on any atom is 0.348 e. The highest BCUT2D eigenvalue weighted by Gasteiger charge is 2.35. The number of hydrogen-bond donors (Lipinski definition) is 2. The predicted molar refractivity (Wildman–Crippen MR) is 95.8 cm³/mol. The van der Waals surface area contributed by atoms with Crippen molar-refractivity contribution in [1.29, 1.82) is 0 Å². The first kappa shape index (κ1) is 20.0. The van der Waals surface area contributed by atoms with Crippen molar-refractivity contribution in [3.8, 4) is 11.5 Å². The van der Waals surface area contributed by atoms with E-state index < -0.39 is 23.6 Å². The summed E-state index contributed by atoms with van der Waals surface area (Å²) < 4.78 is 16.6. The van der Waals surface area contributed by atoms with Gasteiger partial charge in [0, 0.05) is 12.0 Å². The van der Waals surface area contributed by atoms with Gasteiger partial charge >= 0.3 is 11.9 Å². The first-order valence-corrected chi connectivity index (χ1v) is 8.73. The fourth-order valence-electron chi connectivity index (χ4n) is 2.91. The van der Waals surface area contributed by atoms with Gasteiger partial charge in [0.25, 0.3) is 0 Å². The molecule has 1 atom stereocenters. The maximum atomic E-state index is 12.7. The van der Waals surface area contributed by atoms with Gasteiger partial charge in [-0.2, -0.15) is 0 Å². The van der Waals surface area contributed by atoms with Crippen LogP contribution < -0.4 is 14.8 Å². The highest BCUT2D eigenvalue weighted by atomic mass is 16.6. The molecule has 7 nitrogen and oxygen atoms in total. The van der Waals surface area contributed by atoms with E-state index in [1.165, 1.54) is 25.3 Å². The second-order valence-corrected chi connectivity index (χ2v) is 7.33. The molecular formula is C19H27NO6. The number of rotatable bonds is 6. The first-order valence-electron chi connectivity index (χ1n) is 8.73. The maximum absolute atomic E-state index is 12.7. The number of carbonyl (C=O) groups is 2. The number of aromatic carboxylic acids is 1. The number of carbonyl (C=O) groups excluding carboxylic acids is 1. The molecule has 0 amide bonds. The van der Waals surface area contributed by atoms with Gasteiger partial charge in [-0.05, 0) is 58.8 Å². The van der Waals surface area contributed by atoms with Crippen LogP contribution in [-0.4, -0.2) is 48.9 Å². The van der Waals surface area contributed by atoms with Crippen molar-refractivity contribution in [2.45, 2.75) is 45.3 Å². The zero-order chi connectivity index (χ0) is 19.3. The summed E-state index contributed by atoms with van der Waals surface area (Å²) in [6.07, 6.45) is 0.847. The second kappa shape index (κ2) is 8.40. The van der Waals surface area contributed by atoms with Gasteiger partial charge in [-0.25, -0.2) is 9.59 Å². The molecule has 1 saturated heterocycles. The van der Waals surface area contributed by atoms with Crippen LogP contribution in [0.25, 0.3) is 0 Å². The normalized spacial score (nSPS) is 16.6. The molecule has 26 heavy (non-hydrogen) atoms. The zero-order valence-electron chi connectivity index (χ0n) is 15.7. The Bertz CT molecular complexity index is 646. The SMILES string of the molecule is COc1cc(OC(C(=O)OC(C)(C)C)C2CCNCC2)ccc1C(=O)O. The Labute approximate surface area is 153 Å². The van der Waals surface area contributed by atoms with Crippen LogP contribution in [0, 0.1) is 5.92 Å². The number of benzene rings is 1. The van der Waals surface area contributed by atoms with E-state index in [0.717, 1.165) is 25.9 Å². The third-order valence-electron chi connectivity index (χ3n) is 4.12. The van der Waals surface area contributed by atoms with Crippen LogP contribution in [0.1, 0.15) is 44.0 Å². The third-order valence-corrected chi connectivity index (χ3v) is 4.12. The van der Waals surface area contributed by atoms with Gasteiger partial charge in [0.15, 0.2) is 6.10 Å². The van der Waals surface area contributed by atoms with Crippen molar-refractivity contribution in [3.63, 3.8) is 0 Å². The monoisotopic (exact) mass is 365 g/mol. The number of methoxy groups -OCH3 is 1. The van der Waals surface area contributed by atoms with Crippen LogP contribution in [0.15, 0.2) is 18.2 Å². The number of esters is 1. The molecule has 1 aliphatic heterocycles. The first-order chi connectivity index (χ1) is 12.2. The lowest BCUT2D eigenvalue weighted by molar-refractivity contribution is -0.166. The Morgan fingerprint density at radius 2 is 1.88 bits per heavy atom. The Morgan fingerprint density at radius 3 is 2.42 bits per heavy atom. The van der Waals surface area contributed by atoms with Crippen LogP contribution >= 0.6 is 0 Å². The molecule has 7 heteroatoms. The molecule has 2 rings (SSSR count). The number of carboxylic acid groups (broad SMARTS) is 1. The summed E-state index contributed by atoms with van der Waals surface area (Å²) in [7, 11) is 1.39. The van der Waals surface area contributed by atoms with E-state index in [-0.39, 0.29) is 17.2 Å². The highest BCUT2D eigenvalue weighted by molar-refractivity contribution is 5.91. The van der Waals surface area contributed by atoms with Crippen molar-refractivity contribution in [1.82, 2.24) is 5.32 Å². The van der Waals surface area contributed by atoms with E-state index in [1.54, 1.807) is 0 Å². The summed E-state index contributed by atoms with van der Waals surface area (Å²) in [6.45, 7) is 7.07. The molecule has 0 spiro atoms. The number of carboxylic acids is 1. The number of nitrogens with one attached hydrogen (secondary N) is 1. The van der Waals surface area contributed by atoms with Gasteiger partial charge < -0.3 is 24.6 Å². The minimum Gasteiger partial charge on any atom is -0.496 e. The van der Waals surface area contributed by atoms with Gasteiger partial charge in [-0.1, -0.05) is 0 Å². The Balaban J connectivity index is 2.25. The summed E-state index contributed by atoms with van der Waals surface area (Å²) in [4.78, 5) is 23.9. The quantitative estimate of drug-likeness (QED) is 0.748. The Kier molecular flexibility index (Phi) is 6.47. The van der Waals surface area contributed by atoms with E-state index in [9.17, 15) is 14.7 Å². The van der Waals surface area contributed by atoms with Crippen molar-refractivity contribution >= 4 is 11.9 Å². The smallest absolute Gasteiger partial charge is 0.348 e. The van der Waals surface area contributed by atoms with Crippen LogP contribution in [0.2, 0.25) is 0 Å². The molecule has 1 unspecified atom stereocenters. The molecule has 0 saturated carbocycles. The molecule has 0 aliphatic carbocycles. The van der Waals surface area contributed by atoms with Crippen molar-refractivity contribution < 1.29 is 28.9 Å². The van der Waals surface area contributed by atoms with Gasteiger partial charge in [0.05, 0.1) is 7.11 Å². The Morgan fingerprint density at radius 1 is 1.23 bits per heavy atom. The summed E-state index contributed by atoms with van der Waals surface area (Å²) in [6, 6.07) is 4.43. The number of hydrogen-bond acceptors (Lipinski definition) is 6. The van der Waals surface area contributed by atoms with Crippen LogP contribution in [0.3, 0.4) is 0 Å². The summed E-state index contributed by atoms with van der Waals surface area (Å²) in [5.74, 6) is -0.915. The van der Waals surface area contributed by atoms with Crippen molar-refractivity contribution in [2.75, 3.05) is 20.2 Å². The molecule has 1 aromatic rings. The van der Waals surface area contributed by atoms with E-state index in [1.807, 2.05) is 20.8 Å². The predicted octanol–water partition coefficient (Wildman–Crippen LogP) is 2.48. The lowest BCUT2D eigenvalue weighted by Crippen LogP contribution is -2.44. The minimum absolute atomic E-state index is 0.0243. The molecule has 1 aliphatic rings. The van der Waals surface area contributed by atoms with Crippen molar-refractivity contribution in [2.24, 2.45) is 5.92 Å². The Hall–Kier alpha value is -2.28. The number of piperidine rings is 1. The molecular weight excluding hydrogens is 338 g/mol. The average molecular weight is 365 g/mol. The van der Waals surface area contributed by atoms with Crippen LogP contribution in [-0.2, 0) is 9.53 Å². The molecule has 0 aromatic heterocycles. The van der Waals surface area contributed by atoms with E-state index in [2.05, 4.69) is 5.32 Å². The van der Waals surface area contributed by atoms with Crippen molar-refractivity contribution in [3.05, 3.63) is 23.8 Å². The highest BCUT2D eigenvalue weighted by Crippen LogP contribution is 2.29.